The predicted molar refractivity (Wildman–Crippen MR) is 110 cm³/mol. The van der Waals surface area contributed by atoms with E-state index in [1.54, 1.807) is 24.3 Å². The average molecular weight is 460 g/mol. The number of nitrogens with zero attached hydrogens (tertiary/aromatic N) is 2. The molecule has 4 aromatic carbocycles. The van der Waals surface area contributed by atoms with Crippen LogP contribution in [0, 0.1) is 22.7 Å². The summed E-state index contributed by atoms with van der Waals surface area (Å²) in [6.07, 6.45) is 0. The van der Waals surface area contributed by atoms with Crippen LogP contribution in [-0.4, -0.2) is 10.2 Å². The zero-order valence-corrected chi connectivity index (χ0v) is 18.1. The minimum absolute atomic E-state index is 0. The Morgan fingerprint density at radius 2 is 0.828 bits per heavy atom. The van der Waals surface area contributed by atoms with Crippen LogP contribution in [-0.2, 0) is 26.2 Å². The molecule has 0 atom stereocenters. The Kier molecular flexibility index (Phi) is 14.8. The zero-order chi connectivity index (χ0) is 20.5. The molecule has 0 aliphatic heterocycles. The number of nitriles is 2. The molecule has 0 bridgehead atoms. The molecular formula is C24H20N2O2Zr. The van der Waals surface area contributed by atoms with Gasteiger partial charge in [-0.25, -0.2) is 24.3 Å². The zero-order valence-electron chi connectivity index (χ0n) is 15.7. The second-order valence-corrected chi connectivity index (χ2v) is 5.24. The van der Waals surface area contributed by atoms with Gasteiger partial charge in [0.15, 0.2) is 0 Å². The molecule has 0 amide bonds. The van der Waals surface area contributed by atoms with Crippen LogP contribution >= 0.6 is 0 Å². The van der Waals surface area contributed by atoms with E-state index in [0.29, 0.717) is 11.1 Å². The number of phenols is 2. The number of aromatic hydroxyl groups is 2. The van der Waals surface area contributed by atoms with E-state index < -0.39 is 0 Å². The minimum Gasteiger partial charge on any atom is -0.508 e. The van der Waals surface area contributed by atoms with E-state index in [1.165, 1.54) is 24.3 Å². The van der Waals surface area contributed by atoms with Gasteiger partial charge in [-0.15, -0.1) is 0 Å². The summed E-state index contributed by atoms with van der Waals surface area (Å²) >= 11 is 0. The summed E-state index contributed by atoms with van der Waals surface area (Å²) in [4.78, 5) is 0. The van der Waals surface area contributed by atoms with Crippen LogP contribution in [0.1, 0.15) is 11.1 Å². The predicted octanol–water partition coefficient (Wildman–Crippen LogP) is 5.34. The number of hydrogen-bond donors (Lipinski definition) is 2. The van der Waals surface area contributed by atoms with Gasteiger partial charge in [0.25, 0.3) is 0 Å². The molecule has 0 aliphatic rings. The molecule has 0 aliphatic carbocycles. The van der Waals surface area contributed by atoms with Crippen molar-refractivity contribution >= 4 is 0 Å². The third-order valence-corrected chi connectivity index (χ3v) is 3.10. The van der Waals surface area contributed by atoms with E-state index >= 15 is 0 Å². The van der Waals surface area contributed by atoms with E-state index in [4.69, 9.17) is 20.7 Å². The first kappa shape index (κ1) is 25.6. The quantitative estimate of drug-likeness (QED) is 0.348. The van der Waals surface area contributed by atoms with E-state index in [9.17, 15) is 0 Å². The van der Waals surface area contributed by atoms with Crippen LogP contribution in [0.25, 0.3) is 0 Å². The first-order valence-corrected chi connectivity index (χ1v) is 8.37. The second kappa shape index (κ2) is 16.8. The summed E-state index contributed by atoms with van der Waals surface area (Å²) in [6.45, 7) is 0. The first-order chi connectivity index (χ1) is 13.7. The van der Waals surface area contributed by atoms with E-state index in [0.717, 1.165) is 0 Å². The maximum absolute atomic E-state index is 8.74. The number of rotatable bonds is 0. The van der Waals surface area contributed by atoms with Crippen LogP contribution in [0.4, 0.5) is 0 Å². The van der Waals surface area contributed by atoms with Gasteiger partial charge in [-0.2, -0.15) is 46.9 Å². The summed E-state index contributed by atoms with van der Waals surface area (Å²) in [6, 6.07) is 36.1. The summed E-state index contributed by atoms with van der Waals surface area (Å²) in [5.41, 5.74) is 1.13. The average Bonchev–Trinajstić information content (AvgIpc) is 3.48. The van der Waals surface area contributed by atoms with Crippen molar-refractivity contribution < 1.29 is 36.4 Å². The molecule has 4 aromatic rings. The Balaban J connectivity index is 0.000000369. The molecule has 5 heteroatoms. The summed E-state index contributed by atoms with van der Waals surface area (Å²) in [5, 5.41) is 34.1. The SMILES string of the molecule is N#Cc1ccc(O)cc1.N#Cc1ccc(O)cc1.[Zr+2].c1cc[cH-]c1.c1cc[cH-]c1. The molecule has 0 spiro atoms. The minimum atomic E-state index is 0. The van der Waals surface area contributed by atoms with Crippen molar-refractivity contribution in [1.82, 2.24) is 0 Å². The van der Waals surface area contributed by atoms with E-state index in [-0.39, 0.29) is 37.7 Å². The molecule has 2 N–H and O–H groups in total. The van der Waals surface area contributed by atoms with Crippen molar-refractivity contribution in [1.29, 1.82) is 10.5 Å². The van der Waals surface area contributed by atoms with Gasteiger partial charge in [0.2, 0.25) is 0 Å². The monoisotopic (exact) mass is 458 g/mol. The number of hydrogen-bond acceptors (Lipinski definition) is 4. The van der Waals surface area contributed by atoms with Gasteiger partial charge < -0.3 is 10.2 Å². The fourth-order valence-corrected chi connectivity index (χ4v) is 1.71. The third kappa shape index (κ3) is 13.4. The van der Waals surface area contributed by atoms with Gasteiger partial charge in [-0.1, -0.05) is 0 Å². The Bertz CT molecular complexity index is 816. The normalized spacial score (nSPS) is 7.93. The second-order valence-electron chi connectivity index (χ2n) is 5.24. The van der Waals surface area contributed by atoms with Crippen molar-refractivity contribution in [2.45, 2.75) is 0 Å². The fourth-order valence-electron chi connectivity index (χ4n) is 1.71. The molecule has 29 heavy (non-hydrogen) atoms. The Morgan fingerprint density at radius 1 is 0.552 bits per heavy atom. The van der Waals surface area contributed by atoms with Gasteiger partial charge >= 0.3 is 26.2 Å². The third-order valence-electron chi connectivity index (χ3n) is 3.10. The standard InChI is InChI=1S/2C7H5NO.2C5H5.Zr/c2*8-5-6-1-3-7(9)4-2-6;2*1-2-4-5-3-1;/h2*1-4,9H;2*1-5H;/q;;2*-1;+2. The van der Waals surface area contributed by atoms with Gasteiger partial charge in [-0.3, -0.25) is 0 Å². The molecular weight excluding hydrogens is 440 g/mol. The molecule has 0 saturated carbocycles. The number of benzene rings is 2. The van der Waals surface area contributed by atoms with Gasteiger partial charge in [0.1, 0.15) is 11.5 Å². The smallest absolute Gasteiger partial charge is 0.508 e. The maximum Gasteiger partial charge on any atom is 2.00 e. The van der Waals surface area contributed by atoms with Crippen molar-refractivity contribution in [3.63, 3.8) is 0 Å². The maximum atomic E-state index is 8.74. The molecule has 4 rings (SSSR count). The van der Waals surface area contributed by atoms with Crippen molar-refractivity contribution in [2.75, 3.05) is 0 Å². The molecule has 142 valence electrons. The molecule has 0 unspecified atom stereocenters. The summed E-state index contributed by atoms with van der Waals surface area (Å²) < 4.78 is 0. The molecule has 0 fully saturated rings. The van der Waals surface area contributed by atoms with Gasteiger partial charge in [0.05, 0.1) is 23.3 Å². The van der Waals surface area contributed by atoms with Gasteiger partial charge in [0, 0.05) is 0 Å². The van der Waals surface area contributed by atoms with Crippen LogP contribution in [0.5, 0.6) is 11.5 Å². The first-order valence-electron chi connectivity index (χ1n) is 8.37. The largest absolute Gasteiger partial charge is 2.00 e. The fraction of sp³-hybridized carbons (Fsp3) is 0. The summed E-state index contributed by atoms with van der Waals surface area (Å²) in [7, 11) is 0. The Labute approximate surface area is 190 Å². The van der Waals surface area contributed by atoms with Crippen molar-refractivity contribution in [2.24, 2.45) is 0 Å². The van der Waals surface area contributed by atoms with Gasteiger partial charge in [-0.05, 0) is 48.5 Å². The summed E-state index contributed by atoms with van der Waals surface area (Å²) in [5.74, 6) is 0.378. The van der Waals surface area contributed by atoms with Crippen LogP contribution in [0.2, 0.25) is 0 Å². The molecule has 4 nitrogen and oxygen atoms in total. The topological polar surface area (TPSA) is 88.0 Å². The van der Waals surface area contributed by atoms with E-state index in [2.05, 4.69) is 0 Å². The molecule has 0 saturated heterocycles. The van der Waals surface area contributed by atoms with Crippen molar-refractivity contribution in [3.8, 4) is 23.6 Å². The molecule has 0 heterocycles. The molecule has 0 radical (unpaired) electrons. The Morgan fingerprint density at radius 3 is 1.00 bits per heavy atom. The molecule has 0 aromatic heterocycles. The van der Waals surface area contributed by atoms with Crippen LogP contribution in [0.15, 0.2) is 109 Å². The van der Waals surface area contributed by atoms with Crippen molar-refractivity contribution in [3.05, 3.63) is 120 Å². The van der Waals surface area contributed by atoms with Crippen LogP contribution < -0.4 is 0 Å². The number of phenolic OH excluding ortho intramolecular Hbond substituents is 2. The Hall–Kier alpha value is -3.40. The van der Waals surface area contributed by atoms with Crippen LogP contribution in [0.3, 0.4) is 0 Å². The van der Waals surface area contributed by atoms with E-state index in [1.807, 2.05) is 72.8 Å².